The van der Waals surface area contributed by atoms with Crippen LogP contribution in [0.2, 0.25) is 0 Å². The van der Waals surface area contributed by atoms with Crippen molar-refractivity contribution in [3.8, 4) is 0 Å². The van der Waals surface area contributed by atoms with Crippen LogP contribution in [0, 0.1) is 11.8 Å². The molecule has 0 spiro atoms. The van der Waals surface area contributed by atoms with Crippen molar-refractivity contribution >= 4 is 23.8 Å². The van der Waals surface area contributed by atoms with Crippen LogP contribution in [0.3, 0.4) is 0 Å². The van der Waals surface area contributed by atoms with E-state index in [0.29, 0.717) is 44.6 Å². The Labute approximate surface area is 208 Å². The molecule has 1 aromatic carbocycles. The monoisotopic (exact) mass is 491 g/mol. The molecule has 0 bridgehead atoms. The maximum atomic E-state index is 13.2. The summed E-state index contributed by atoms with van der Waals surface area (Å²) in [6.07, 6.45) is 1.20. The fourth-order valence-corrected chi connectivity index (χ4v) is 3.91. The smallest absolute Gasteiger partial charge is 0.410 e. The average Bonchev–Trinajstić information content (AvgIpc) is 3.20. The number of nitrogens with zero attached hydrogens (tertiary/aromatic N) is 1. The molecule has 0 saturated carbocycles. The fourth-order valence-electron chi connectivity index (χ4n) is 3.91. The summed E-state index contributed by atoms with van der Waals surface area (Å²) in [6, 6.07) is 6.99. The lowest BCUT2D eigenvalue weighted by molar-refractivity contribution is -0.161. The van der Waals surface area contributed by atoms with Gasteiger partial charge in [0.15, 0.2) is 0 Å². The molecule has 1 saturated heterocycles. The zero-order chi connectivity index (χ0) is 26.2. The SMILES string of the molecule is CC(C)(C)OC(=O)[C@@H](Cc1cccc(NC(=O)NCCCO)c1)[C@H]1CCN(C(=O)OC(C)(C)C)C1. The Morgan fingerprint density at radius 3 is 2.43 bits per heavy atom. The van der Waals surface area contributed by atoms with Gasteiger partial charge in [-0.25, -0.2) is 9.59 Å². The van der Waals surface area contributed by atoms with Crippen LogP contribution in [-0.4, -0.2) is 65.5 Å². The molecule has 196 valence electrons. The van der Waals surface area contributed by atoms with Gasteiger partial charge in [0.25, 0.3) is 0 Å². The lowest BCUT2D eigenvalue weighted by atomic mass is 9.86. The second kappa shape index (κ2) is 12.2. The molecule has 35 heavy (non-hydrogen) atoms. The minimum absolute atomic E-state index is 0.00828. The number of anilines is 1. The molecule has 1 fully saturated rings. The number of esters is 1. The van der Waals surface area contributed by atoms with Crippen LogP contribution >= 0.6 is 0 Å². The molecule has 3 N–H and O–H groups in total. The Kier molecular flexibility index (Phi) is 9.94. The number of rotatable bonds is 8. The van der Waals surface area contributed by atoms with Crippen LogP contribution in [0.25, 0.3) is 0 Å². The van der Waals surface area contributed by atoms with Gasteiger partial charge in [-0.05, 0) is 84.4 Å². The van der Waals surface area contributed by atoms with Crippen LogP contribution in [0.4, 0.5) is 15.3 Å². The molecule has 2 rings (SSSR count). The Morgan fingerprint density at radius 1 is 1.11 bits per heavy atom. The number of amides is 3. The normalized spacial score (nSPS) is 17.0. The zero-order valence-electron chi connectivity index (χ0n) is 21.8. The Balaban J connectivity index is 2.14. The first-order chi connectivity index (χ1) is 16.3. The van der Waals surface area contributed by atoms with Crippen molar-refractivity contribution in [3.05, 3.63) is 29.8 Å². The lowest BCUT2D eigenvalue weighted by Gasteiger charge is -2.28. The van der Waals surface area contributed by atoms with Gasteiger partial charge in [0.05, 0.1) is 5.92 Å². The number of nitrogens with one attached hydrogen (secondary N) is 2. The Hall–Kier alpha value is -2.81. The molecule has 9 heteroatoms. The van der Waals surface area contributed by atoms with E-state index in [4.69, 9.17) is 14.6 Å². The zero-order valence-corrected chi connectivity index (χ0v) is 21.8. The van der Waals surface area contributed by atoms with Crippen LogP contribution in [0.5, 0.6) is 0 Å². The van der Waals surface area contributed by atoms with Gasteiger partial charge in [-0.15, -0.1) is 0 Å². The number of hydrogen-bond acceptors (Lipinski definition) is 6. The first-order valence-corrected chi connectivity index (χ1v) is 12.2. The molecular formula is C26H41N3O6. The summed E-state index contributed by atoms with van der Waals surface area (Å²) in [6.45, 7) is 12.3. The predicted octanol–water partition coefficient (Wildman–Crippen LogP) is 3.95. The van der Waals surface area contributed by atoms with E-state index in [0.717, 1.165) is 5.56 Å². The Morgan fingerprint density at radius 2 is 1.80 bits per heavy atom. The number of carbonyl (C=O) groups excluding carboxylic acids is 3. The average molecular weight is 492 g/mol. The van der Waals surface area contributed by atoms with Crippen molar-refractivity contribution in [1.29, 1.82) is 0 Å². The van der Waals surface area contributed by atoms with Crippen molar-refractivity contribution < 1.29 is 29.0 Å². The molecule has 3 amide bonds. The highest BCUT2D eigenvalue weighted by atomic mass is 16.6. The van der Waals surface area contributed by atoms with E-state index < -0.39 is 17.1 Å². The lowest BCUT2D eigenvalue weighted by Crippen LogP contribution is -2.38. The highest BCUT2D eigenvalue weighted by molar-refractivity contribution is 5.89. The number of hydrogen-bond donors (Lipinski definition) is 3. The maximum absolute atomic E-state index is 13.2. The van der Waals surface area contributed by atoms with Gasteiger partial charge < -0.3 is 30.1 Å². The van der Waals surface area contributed by atoms with E-state index >= 15 is 0 Å². The van der Waals surface area contributed by atoms with Gasteiger partial charge in [0, 0.05) is 31.9 Å². The maximum Gasteiger partial charge on any atom is 0.410 e. The largest absolute Gasteiger partial charge is 0.460 e. The third-order valence-electron chi connectivity index (χ3n) is 5.42. The van der Waals surface area contributed by atoms with Crippen LogP contribution in [0.1, 0.15) is 59.9 Å². The van der Waals surface area contributed by atoms with Crippen LogP contribution in [0.15, 0.2) is 24.3 Å². The molecule has 0 unspecified atom stereocenters. The quantitative estimate of drug-likeness (QED) is 0.374. The molecule has 1 aliphatic rings. The third kappa shape index (κ3) is 10.1. The number of likely N-dealkylation sites (tertiary alicyclic amines) is 1. The molecule has 0 aliphatic carbocycles. The number of aliphatic hydroxyl groups excluding tert-OH is 1. The second-order valence-electron chi connectivity index (χ2n) is 11.0. The summed E-state index contributed by atoms with van der Waals surface area (Å²) < 4.78 is 11.2. The second-order valence-corrected chi connectivity index (χ2v) is 11.0. The van der Waals surface area contributed by atoms with E-state index in [2.05, 4.69) is 10.6 Å². The van der Waals surface area contributed by atoms with Gasteiger partial charge in [-0.2, -0.15) is 0 Å². The van der Waals surface area contributed by atoms with Crippen molar-refractivity contribution in [1.82, 2.24) is 10.2 Å². The van der Waals surface area contributed by atoms with Gasteiger partial charge in [0.2, 0.25) is 0 Å². The number of benzene rings is 1. The van der Waals surface area contributed by atoms with Crippen molar-refractivity contribution in [3.63, 3.8) is 0 Å². The summed E-state index contributed by atoms with van der Waals surface area (Å²) in [5.74, 6) is -0.820. The molecule has 0 radical (unpaired) electrons. The molecule has 1 aromatic rings. The highest BCUT2D eigenvalue weighted by Crippen LogP contribution is 2.31. The standard InChI is InChI=1S/C26H41N3O6/c1-25(2,3)34-22(31)21(19-11-13-29(17-19)24(33)35-26(4,5)6)16-18-9-7-10-20(15-18)28-23(32)27-12-8-14-30/h7,9-10,15,19,21,30H,8,11-14,16-17H2,1-6H3,(H2,27,28,32)/t19-,21-/m0/s1. The van der Waals surface area contributed by atoms with E-state index in [1.54, 1.807) is 11.0 Å². The van der Waals surface area contributed by atoms with Gasteiger partial charge in [-0.1, -0.05) is 12.1 Å². The number of ether oxygens (including phenoxy) is 2. The topological polar surface area (TPSA) is 117 Å². The first-order valence-electron chi connectivity index (χ1n) is 12.2. The van der Waals surface area contributed by atoms with Gasteiger partial charge in [-0.3, -0.25) is 4.79 Å². The molecule has 0 aromatic heterocycles. The first kappa shape index (κ1) is 28.4. The van der Waals surface area contributed by atoms with E-state index in [9.17, 15) is 14.4 Å². The van der Waals surface area contributed by atoms with Gasteiger partial charge >= 0.3 is 18.1 Å². The highest BCUT2D eigenvalue weighted by Gasteiger charge is 2.39. The number of urea groups is 1. The predicted molar refractivity (Wildman–Crippen MR) is 134 cm³/mol. The van der Waals surface area contributed by atoms with Crippen molar-refractivity contribution in [2.75, 3.05) is 31.6 Å². The minimum Gasteiger partial charge on any atom is -0.460 e. The van der Waals surface area contributed by atoms with Crippen molar-refractivity contribution in [2.45, 2.75) is 72.0 Å². The minimum atomic E-state index is -0.630. The molecule has 2 atom stereocenters. The number of aliphatic hydroxyl groups is 1. The van der Waals surface area contributed by atoms with E-state index in [1.807, 2.05) is 59.7 Å². The summed E-state index contributed by atoms with van der Waals surface area (Å²) in [4.78, 5) is 39.5. The summed E-state index contributed by atoms with van der Waals surface area (Å²) in [5.41, 5.74) is 0.269. The molecule has 1 heterocycles. The third-order valence-corrected chi connectivity index (χ3v) is 5.42. The van der Waals surface area contributed by atoms with E-state index in [-0.39, 0.29) is 30.6 Å². The fraction of sp³-hybridized carbons (Fsp3) is 0.654. The molecular weight excluding hydrogens is 450 g/mol. The van der Waals surface area contributed by atoms with Crippen molar-refractivity contribution in [2.24, 2.45) is 11.8 Å². The van der Waals surface area contributed by atoms with Crippen LogP contribution in [-0.2, 0) is 20.7 Å². The van der Waals surface area contributed by atoms with Crippen LogP contribution < -0.4 is 10.6 Å². The van der Waals surface area contributed by atoms with E-state index in [1.165, 1.54) is 0 Å². The molecule has 9 nitrogen and oxygen atoms in total. The summed E-state index contributed by atoms with van der Waals surface area (Å²) >= 11 is 0. The Bertz CT molecular complexity index is 875. The van der Waals surface area contributed by atoms with Gasteiger partial charge in [0.1, 0.15) is 11.2 Å². The number of carbonyl (C=O) groups is 3. The molecule has 1 aliphatic heterocycles. The summed E-state index contributed by atoms with van der Waals surface area (Å²) in [7, 11) is 0. The summed E-state index contributed by atoms with van der Waals surface area (Å²) in [5, 5.41) is 14.3.